The van der Waals surface area contributed by atoms with Crippen molar-refractivity contribution in [3.05, 3.63) is 39.9 Å². The molecular formula is C15H21N3O4. The molecule has 120 valence electrons. The van der Waals surface area contributed by atoms with E-state index < -0.39 is 4.92 Å². The Bertz CT molecular complexity index is 549. The van der Waals surface area contributed by atoms with E-state index in [-0.39, 0.29) is 30.3 Å². The fourth-order valence-corrected chi connectivity index (χ4v) is 2.81. The molecule has 0 bridgehead atoms. The van der Waals surface area contributed by atoms with E-state index in [1.54, 1.807) is 25.2 Å². The predicted molar refractivity (Wildman–Crippen MR) is 81.3 cm³/mol. The number of hydrogen-bond acceptors (Lipinski definition) is 4. The van der Waals surface area contributed by atoms with Gasteiger partial charge in [-0.15, -0.1) is 0 Å². The number of urea groups is 1. The maximum atomic E-state index is 12.1. The largest absolute Gasteiger partial charge is 0.393 e. The number of benzene rings is 1. The van der Waals surface area contributed by atoms with Crippen LogP contribution in [0.15, 0.2) is 24.3 Å². The van der Waals surface area contributed by atoms with Crippen molar-refractivity contribution in [2.75, 3.05) is 13.6 Å². The summed E-state index contributed by atoms with van der Waals surface area (Å²) in [6.45, 7) is 0.595. The van der Waals surface area contributed by atoms with E-state index in [9.17, 15) is 20.0 Å². The van der Waals surface area contributed by atoms with Crippen LogP contribution in [0.4, 0.5) is 10.5 Å². The number of nitro benzene ring substituents is 1. The molecule has 2 atom stereocenters. The molecular weight excluding hydrogens is 286 g/mol. The van der Waals surface area contributed by atoms with Gasteiger partial charge in [-0.3, -0.25) is 10.1 Å². The number of hydrogen-bond donors (Lipinski definition) is 2. The summed E-state index contributed by atoms with van der Waals surface area (Å²) in [7, 11) is 1.67. The van der Waals surface area contributed by atoms with E-state index >= 15 is 0 Å². The normalized spacial score (nSPS) is 20.6. The van der Waals surface area contributed by atoms with Crippen LogP contribution in [0.3, 0.4) is 0 Å². The van der Waals surface area contributed by atoms with Gasteiger partial charge in [-0.05, 0) is 12.8 Å². The molecule has 1 aliphatic carbocycles. The third-order valence-electron chi connectivity index (χ3n) is 4.09. The van der Waals surface area contributed by atoms with Crippen LogP contribution in [-0.2, 0) is 6.54 Å². The number of carbonyl (C=O) groups is 1. The second kappa shape index (κ2) is 7.22. The number of carbonyl (C=O) groups excluding carboxylic acids is 1. The predicted octanol–water partition coefficient (Wildman–Crippen LogP) is 1.90. The number of nitro groups is 1. The zero-order valence-electron chi connectivity index (χ0n) is 12.6. The Balaban J connectivity index is 1.88. The van der Waals surface area contributed by atoms with Gasteiger partial charge in [0.15, 0.2) is 0 Å². The smallest absolute Gasteiger partial charge is 0.317 e. The summed E-state index contributed by atoms with van der Waals surface area (Å²) in [6, 6.07) is 6.04. The number of aliphatic hydroxyl groups is 1. The number of nitrogens with one attached hydrogen (secondary N) is 1. The molecule has 2 rings (SSSR count). The molecule has 22 heavy (non-hydrogen) atoms. The first-order chi connectivity index (χ1) is 10.5. The van der Waals surface area contributed by atoms with Gasteiger partial charge < -0.3 is 15.3 Å². The van der Waals surface area contributed by atoms with Gasteiger partial charge in [0.25, 0.3) is 5.69 Å². The molecule has 1 aliphatic rings. The number of rotatable bonds is 5. The van der Waals surface area contributed by atoms with Gasteiger partial charge in [-0.25, -0.2) is 4.79 Å². The van der Waals surface area contributed by atoms with Gasteiger partial charge in [0, 0.05) is 31.1 Å². The molecule has 0 aromatic heterocycles. The van der Waals surface area contributed by atoms with E-state index in [0.717, 1.165) is 19.3 Å². The summed E-state index contributed by atoms with van der Waals surface area (Å²) in [5.74, 6) is 0.113. The SMILES string of the molecule is CN(CC1CCCC1O)C(=O)NCc1ccccc1[N+](=O)[O-]. The molecule has 0 saturated heterocycles. The van der Waals surface area contributed by atoms with Gasteiger partial charge in [0.05, 0.1) is 17.6 Å². The van der Waals surface area contributed by atoms with Crippen molar-refractivity contribution >= 4 is 11.7 Å². The highest BCUT2D eigenvalue weighted by molar-refractivity contribution is 5.74. The molecule has 1 fully saturated rings. The molecule has 0 radical (unpaired) electrons. The van der Waals surface area contributed by atoms with E-state index in [1.807, 2.05) is 0 Å². The standard InChI is InChI=1S/C15H21N3O4/c1-17(10-12-6-4-8-14(12)19)15(20)16-9-11-5-2-3-7-13(11)18(21)22/h2-3,5,7,12,14,19H,4,6,8-10H2,1H3,(H,16,20). The number of aliphatic hydroxyl groups excluding tert-OH is 1. The molecule has 2 N–H and O–H groups in total. The zero-order valence-corrected chi connectivity index (χ0v) is 12.6. The lowest BCUT2D eigenvalue weighted by Gasteiger charge is -2.23. The minimum atomic E-state index is -0.458. The van der Waals surface area contributed by atoms with Crippen LogP contribution in [0.1, 0.15) is 24.8 Å². The lowest BCUT2D eigenvalue weighted by atomic mass is 10.1. The maximum absolute atomic E-state index is 12.1. The first kappa shape index (κ1) is 16.2. The van der Waals surface area contributed by atoms with Crippen molar-refractivity contribution in [3.63, 3.8) is 0 Å². The molecule has 0 aliphatic heterocycles. The third kappa shape index (κ3) is 3.94. The summed E-state index contributed by atoms with van der Waals surface area (Å²) in [6.07, 6.45) is 2.35. The average molecular weight is 307 g/mol. The molecule has 1 aromatic rings. The first-order valence-corrected chi connectivity index (χ1v) is 7.38. The molecule has 0 spiro atoms. The van der Waals surface area contributed by atoms with Gasteiger partial charge in [0.2, 0.25) is 0 Å². The van der Waals surface area contributed by atoms with E-state index in [1.165, 1.54) is 11.0 Å². The summed E-state index contributed by atoms with van der Waals surface area (Å²) < 4.78 is 0. The Morgan fingerprint density at radius 3 is 2.82 bits per heavy atom. The Labute approximate surface area is 129 Å². The Hall–Kier alpha value is -2.15. The summed E-state index contributed by atoms with van der Waals surface area (Å²) in [5, 5.41) is 23.4. The Morgan fingerprint density at radius 2 is 2.18 bits per heavy atom. The van der Waals surface area contributed by atoms with E-state index in [0.29, 0.717) is 12.1 Å². The Kier molecular flexibility index (Phi) is 5.32. The van der Waals surface area contributed by atoms with Crippen molar-refractivity contribution in [2.45, 2.75) is 31.9 Å². The first-order valence-electron chi connectivity index (χ1n) is 7.38. The molecule has 7 heteroatoms. The highest BCUT2D eigenvalue weighted by Gasteiger charge is 2.27. The highest BCUT2D eigenvalue weighted by Crippen LogP contribution is 2.26. The van der Waals surface area contributed by atoms with Crippen molar-refractivity contribution in [1.29, 1.82) is 0 Å². The monoisotopic (exact) mass is 307 g/mol. The lowest BCUT2D eigenvalue weighted by Crippen LogP contribution is -2.40. The van der Waals surface area contributed by atoms with Gasteiger partial charge in [-0.2, -0.15) is 0 Å². The molecule has 7 nitrogen and oxygen atoms in total. The van der Waals surface area contributed by atoms with Gasteiger partial charge in [0.1, 0.15) is 0 Å². The van der Waals surface area contributed by atoms with Crippen molar-refractivity contribution in [3.8, 4) is 0 Å². The quantitative estimate of drug-likeness (QED) is 0.641. The minimum Gasteiger partial charge on any atom is -0.393 e. The summed E-state index contributed by atoms with van der Waals surface area (Å²) in [5.41, 5.74) is 0.465. The van der Waals surface area contributed by atoms with Crippen molar-refractivity contribution < 1.29 is 14.8 Å². The lowest BCUT2D eigenvalue weighted by molar-refractivity contribution is -0.385. The Morgan fingerprint density at radius 1 is 1.45 bits per heavy atom. The summed E-state index contributed by atoms with van der Waals surface area (Å²) in [4.78, 5) is 24.0. The molecule has 2 amide bonds. The molecule has 1 aromatic carbocycles. The van der Waals surface area contributed by atoms with Crippen LogP contribution >= 0.6 is 0 Å². The van der Waals surface area contributed by atoms with Gasteiger partial charge in [-0.1, -0.05) is 24.6 Å². The maximum Gasteiger partial charge on any atom is 0.317 e. The minimum absolute atomic E-state index is 0.00309. The second-order valence-electron chi connectivity index (χ2n) is 5.68. The highest BCUT2D eigenvalue weighted by atomic mass is 16.6. The fourth-order valence-electron chi connectivity index (χ4n) is 2.81. The fraction of sp³-hybridized carbons (Fsp3) is 0.533. The third-order valence-corrected chi connectivity index (χ3v) is 4.09. The van der Waals surface area contributed by atoms with Crippen LogP contribution in [0.5, 0.6) is 0 Å². The van der Waals surface area contributed by atoms with E-state index in [2.05, 4.69) is 5.32 Å². The van der Waals surface area contributed by atoms with E-state index in [4.69, 9.17) is 0 Å². The summed E-state index contributed by atoms with van der Waals surface area (Å²) >= 11 is 0. The number of amides is 2. The average Bonchev–Trinajstić information content (AvgIpc) is 2.90. The topological polar surface area (TPSA) is 95.7 Å². The molecule has 1 saturated carbocycles. The number of nitrogens with zero attached hydrogens (tertiary/aromatic N) is 2. The molecule has 0 heterocycles. The van der Waals surface area contributed by atoms with Gasteiger partial charge >= 0.3 is 6.03 Å². The van der Waals surface area contributed by atoms with Crippen LogP contribution < -0.4 is 5.32 Å². The molecule has 2 unspecified atom stereocenters. The zero-order chi connectivity index (χ0) is 16.1. The number of para-hydroxylation sites is 1. The van der Waals surface area contributed by atoms with Crippen molar-refractivity contribution in [1.82, 2.24) is 10.2 Å². The second-order valence-corrected chi connectivity index (χ2v) is 5.68. The van der Waals surface area contributed by atoms with Crippen LogP contribution in [-0.4, -0.2) is 40.7 Å². The van der Waals surface area contributed by atoms with Crippen molar-refractivity contribution in [2.24, 2.45) is 5.92 Å². The van der Waals surface area contributed by atoms with Crippen LogP contribution in [0, 0.1) is 16.0 Å². The van der Waals surface area contributed by atoms with Crippen LogP contribution in [0.2, 0.25) is 0 Å². The van der Waals surface area contributed by atoms with Crippen LogP contribution in [0.25, 0.3) is 0 Å².